The molecule has 0 aliphatic rings. The van der Waals surface area contributed by atoms with Gasteiger partial charge in [0, 0.05) is 13.2 Å². The van der Waals surface area contributed by atoms with Crippen LogP contribution in [0.1, 0.15) is 28.5 Å². The number of aromatic nitrogens is 3. The number of ether oxygens (including phenoxy) is 1. The van der Waals surface area contributed by atoms with Gasteiger partial charge in [-0.15, -0.1) is 0 Å². The summed E-state index contributed by atoms with van der Waals surface area (Å²) in [5.41, 5.74) is 3.42. The second-order valence-electron chi connectivity index (χ2n) is 5.96. The Balaban J connectivity index is 2.18. The number of carbonyl (C=O) groups is 2. The monoisotopic (exact) mass is 372 g/mol. The highest BCUT2D eigenvalue weighted by Crippen LogP contribution is 2.23. The molecule has 0 saturated carbocycles. The molecule has 3 aromatic rings. The van der Waals surface area contributed by atoms with E-state index in [4.69, 9.17) is 4.74 Å². The molecule has 0 radical (unpaired) electrons. The molecule has 0 bridgehead atoms. The molecule has 136 valence electrons. The van der Waals surface area contributed by atoms with Crippen LogP contribution in [0.3, 0.4) is 0 Å². The number of hydrogen-bond acceptors (Lipinski definition) is 5. The van der Waals surface area contributed by atoms with E-state index in [-0.39, 0.29) is 12.5 Å². The number of rotatable bonds is 4. The number of esters is 1. The number of aryl methyl sites for hydroxylation is 3. The van der Waals surface area contributed by atoms with Crippen molar-refractivity contribution in [2.75, 3.05) is 6.61 Å². The Morgan fingerprint density at radius 2 is 2.08 bits per heavy atom. The Bertz CT molecular complexity index is 1060. The highest BCUT2D eigenvalue weighted by atomic mass is 32.1. The van der Waals surface area contributed by atoms with Gasteiger partial charge in [-0.3, -0.25) is 14.3 Å². The van der Waals surface area contributed by atoms with E-state index in [1.54, 1.807) is 30.8 Å². The summed E-state index contributed by atoms with van der Waals surface area (Å²) >= 11 is 1.39. The maximum absolute atomic E-state index is 12.5. The first-order valence-electron chi connectivity index (χ1n) is 8.24. The number of hydrogen-bond donors (Lipinski definition) is 0. The zero-order chi connectivity index (χ0) is 18.8. The van der Waals surface area contributed by atoms with Gasteiger partial charge in [-0.25, -0.2) is 0 Å². The van der Waals surface area contributed by atoms with Crippen LogP contribution in [-0.4, -0.2) is 32.8 Å². The molecular weight excluding hydrogens is 352 g/mol. The highest BCUT2D eigenvalue weighted by molar-refractivity contribution is 7.16. The van der Waals surface area contributed by atoms with Gasteiger partial charge >= 0.3 is 5.97 Å². The van der Waals surface area contributed by atoms with Crippen LogP contribution < -0.4 is 4.80 Å². The van der Waals surface area contributed by atoms with Crippen LogP contribution in [0.4, 0.5) is 0 Å². The number of carbonyl (C=O) groups excluding carboxylic acids is 2. The second kappa shape index (κ2) is 7.25. The van der Waals surface area contributed by atoms with Gasteiger partial charge in [-0.05, 0) is 44.0 Å². The highest BCUT2D eigenvalue weighted by Gasteiger charge is 2.15. The zero-order valence-electron chi connectivity index (χ0n) is 15.1. The minimum Gasteiger partial charge on any atom is -0.465 e. The van der Waals surface area contributed by atoms with E-state index >= 15 is 0 Å². The molecule has 0 spiro atoms. The van der Waals surface area contributed by atoms with Gasteiger partial charge in [0.25, 0.3) is 5.91 Å². The summed E-state index contributed by atoms with van der Waals surface area (Å²) in [5.74, 6) is -0.760. The van der Waals surface area contributed by atoms with Gasteiger partial charge in [0.15, 0.2) is 4.80 Å². The molecule has 0 unspecified atom stereocenters. The minimum absolute atomic E-state index is 0.00817. The summed E-state index contributed by atoms with van der Waals surface area (Å²) in [6, 6.07) is 5.68. The lowest BCUT2D eigenvalue weighted by molar-refractivity contribution is -0.143. The van der Waals surface area contributed by atoms with Crippen LogP contribution in [0.25, 0.3) is 10.2 Å². The first-order chi connectivity index (χ1) is 12.4. The van der Waals surface area contributed by atoms with Crippen molar-refractivity contribution in [3.05, 3.63) is 46.0 Å². The first kappa shape index (κ1) is 18.1. The molecule has 0 fully saturated rings. The van der Waals surface area contributed by atoms with Gasteiger partial charge < -0.3 is 9.30 Å². The van der Waals surface area contributed by atoms with Gasteiger partial charge in [0.1, 0.15) is 12.2 Å². The van der Waals surface area contributed by atoms with Gasteiger partial charge in [-0.1, -0.05) is 17.4 Å². The number of fused-ring (bicyclic) bond motifs is 1. The fourth-order valence-corrected chi connectivity index (χ4v) is 3.89. The van der Waals surface area contributed by atoms with Gasteiger partial charge in [0.2, 0.25) is 0 Å². The van der Waals surface area contributed by atoms with E-state index in [1.807, 2.05) is 19.9 Å². The van der Waals surface area contributed by atoms with E-state index in [1.165, 1.54) is 16.0 Å². The molecule has 0 saturated heterocycles. The molecule has 26 heavy (non-hydrogen) atoms. The third kappa shape index (κ3) is 3.45. The average molecular weight is 372 g/mol. The average Bonchev–Trinajstić information content (AvgIpc) is 3.13. The van der Waals surface area contributed by atoms with Crippen LogP contribution in [0, 0.1) is 13.8 Å². The Morgan fingerprint density at radius 1 is 1.31 bits per heavy atom. The van der Waals surface area contributed by atoms with Crippen LogP contribution in [-0.2, 0) is 23.1 Å². The quantitative estimate of drug-likeness (QED) is 0.659. The predicted octanol–water partition coefficient (Wildman–Crippen LogP) is 2.36. The number of amides is 1. The summed E-state index contributed by atoms with van der Waals surface area (Å²) in [6.07, 6.45) is 1.55. The number of thiazole rings is 1. The van der Waals surface area contributed by atoms with Gasteiger partial charge in [-0.2, -0.15) is 10.1 Å². The molecule has 0 aliphatic carbocycles. The molecular formula is C18H20N4O3S. The lowest BCUT2D eigenvalue weighted by Crippen LogP contribution is -2.23. The molecule has 1 aromatic carbocycles. The van der Waals surface area contributed by atoms with E-state index in [2.05, 4.69) is 16.2 Å². The summed E-state index contributed by atoms with van der Waals surface area (Å²) in [4.78, 5) is 29.3. The van der Waals surface area contributed by atoms with Crippen molar-refractivity contribution in [1.82, 2.24) is 14.3 Å². The normalized spacial score (nSPS) is 11.9. The summed E-state index contributed by atoms with van der Waals surface area (Å²) in [6.45, 7) is 6.08. The van der Waals surface area contributed by atoms with Crippen LogP contribution in [0.15, 0.2) is 29.4 Å². The third-order valence-corrected chi connectivity index (χ3v) is 5.17. The third-order valence-electron chi connectivity index (χ3n) is 3.94. The molecule has 2 heterocycles. The van der Waals surface area contributed by atoms with Crippen molar-refractivity contribution in [1.29, 1.82) is 0 Å². The first-order valence-corrected chi connectivity index (χ1v) is 9.05. The van der Waals surface area contributed by atoms with Crippen LogP contribution in [0.2, 0.25) is 0 Å². The Hall–Kier alpha value is -2.74. The molecule has 8 heteroatoms. The zero-order valence-corrected chi connectivity index (χ0v) is 16.0. The van der Waals surface area contributed by atoms with E-state index in [0.29, 0.717) is 17.1 Å². The molecule has 0 N–H and O–H groups in total. The summed E-state index contributed by atoms with van der Waals surface area (Å²) < 4.78 is 9.30. The van der Waals surface area contributed by atoms with Crippen molar-refractivity contribution in [2.24, 2.45) is 12.0 Å². The lowest BCUT2D eigenvalue weighted by atomic mass is 10.1. The second-order valence-corrected chi connectivity index (χ2v) is 6.94. The van der Waals surface area contributed by atoms with Crippen molar-refractivity contribution in [2.45, 2.75) is 27.3 Å². The Morgan fingerprint density at radius 3 is 2.73 bits per heavy atom. The fraction of sp³-hybridized carbons (Fsp3) is 0.333. The SMILES string of the molecule is CCOC(=O)Cn1c(=NC(=O)c2ccnn2C)sc2c(C)cc(C)cc21. The van der Waals surface area contributed by atoms with E-state index in [9.17, 15) is 9.59 Å². The van der Waals surface area contributed by atoms with Crippen LogP contribution >= 0.6 is 11.3 Å². The lowest BCUT2D eigenvalue weighted by Gasteiger charge is -2.06. The molecule has 2 aromatic heterocycles. The van der Waals surface area contributed by atoms with Crippen molar-refractivity contribution >= 4 is 33.4 Å². The summed E-state index contributed by atoms with van der Waals surface area (Å²) in [7, 11) is 1.69. The molecule has 1 amide bonds. The molecule has 0 atom stereocenters. The van der Waals surface area contributed by atoms with Crippen molar-refractivity contribution in [3.63, 3.8) is 0 Å². The Labute approximate surface area is 154 Å². The summed E-state index contributed by atoms with van der Waals surface area (Å²) in [5, 5.41) is 4.00. The van der Waals surface area contributed by atoms with Crippen LogP contribution in [0.5, 0.6) is 0 Å². The smallest absolute Gasteiger partial charge is 0.326 e. The standard InChI is InChI=1S/C18H20N4O3S/c1-5-25-15(23)10-22-14-9-11(2)8-12(3)16(14)26-18(22)20-17(24)13-6-7-19-21(13)4/h6-9H,5,10H2,1-4H3. The van der Waals surface area contributed by atoms with E-state index in [0.717, 1.165) is 21.3 Å². The number of benzene rings is 1. The Kier molecular flexibility index (Phi) is 5.03. The maximum atomic E-state index is 12.5. The number of nitrogens with zero attached hydrogens (tertiary/aromatic N) is 4. The fourth-order valence-electron chi connectivity index (χ4n) is 2.81. The minimum atomic E-state index is -0.400. The van der Waals surface area contributed by atoms with Crippen molar-refractivity contribution < 1.29 is 14.3 Å². The van der Waals surface area contributed by atoms with Crippen molar-refractivity contribution in [3.8, 4) is 0 Å². The predicted molar refractivity (Wildman–Crippen MR) is 99.0 cm³/mol. The largest absolute Gasteiger partial charge is 0.465 e. The molecule has 7 nitrogen and oxygen atoms in total. The maximum Gasteiger partial charge on any atom is 0.326 e. The van der Waals surface area contributed by atoms with Gasteiger partial charge in [0.05, 0.1) is 16.8 Å². The molecule has 3 rings (SSSR count). The molecule has 0 aliphatic heterocycles. The van der Waals surface area contributed by atoms with E-state index < -0.39 is 5.91 Å². The topological polar surface area (TPSA) is 78.5 Å².